The average Bonchev–Trinajstić information content (AvgIpc) is 3.11. The molecule has 2 unspecified atom stereocenters. The summed E-state index contributed by atoms with van der Waals surface area (Å²) >= 11 is 0. The molecule has 306 valence electrons. The van der Waals surface area contributed by atoms with Gasteiger partial charge in [0, 0.05) is 63.5 Å². The van der Waals surface area contributed by atoms with Gasteiger partial charge in [0.05, 0.1) is 53.5 Å². The lowest BCUT2D eigenvalue weighted by molar-refractivity contribution is -0.144. The molecule has 0 saturated carbocycles. The van der Waals surface area contributed by atoms with Gasteiger partial charge in [-0.1, -0.05) is 36.9 Å². The molecule has 2 atom stereocenters. The number of nitrogens with one attached hydrogen (secondary N) is 1. The molecule has 0 amide bonds. The number of piperazine rings is 1. The Bertz CT molecular complexity index is 1240. The Morgan fingerprint density at radius 3 is 1.69 bits per heavy atom. The van der Waals surface area contributed by atoms with Gasteiger partial charge in [0.1, 0.15) is 11.5 Å². The molecule has 15 heteroatoms. The van der Waals surface area contributed by atoms with Crippen LogP contribution in [0.4, 0.5) is 0 Å². The molecule has 0 aliphatic carbocycles. The number of nitrogens with zero attached hydrogens (tertiary/aromatic N) is 2. The lowest BCUT2D eigenvalue weighted by Crippen LogP contribution is -2.57. The van der Waals surface area contributed by atoms with E-state index in [9.17, 15) is 19.2 Å². The highest BCUT2D eigenvalue weighted by Gasteiger charge is 2.29. The summed E-state index contributed by atoms with van der Waals surface area (Å²) < 4.78 is 30.0. The van der Waals surface area contributed by atoms with Gasteiger partial charge in [-0.3, -0.25) is 19.4 Å². The van der Waals surface area contributed by atoms with Crippen LogP contribution in [0.15, 0.2) is 73.1 Å². The molecule has 0 bridgehead atoms. The second-order valence-electron chi connectivity index (χ2n) is 11.6. The van der Waals surface area contributed by atoms with Crippen molar-refractivity contribution in [3.05, 3.63) is 78.6 Å². The van der Waals surface area contributed by atoms with Crippen LogP contribution in [0.5, 0.6) is 5.75 Å². The SMILES string of the molecule is C=C(/C=C\CCN1CC(CC(=O)OCC)NC(CC(=O)OCC)C1)OC.CCOC(=O)/C=C/CN(C/C=C/C(=O)OCC)Cc1ccc(OC)cc1.N.O. The Balaban J connectivity index is 0. The molecule has 0 radical (unpaired) electrons. The zero-order chi connectivity index (χ0) is 38.6. The number of hydrogen-bond donors (Lipinski definition) is 2. The van der Waals surface area contributed by atoms with Gasteiger partial charge in [-0.05, 0) is 57.9 Å². The molecule has 15 nitrogen and oxygen atoms in total. The molecule has 54 heavy (non-hydrogen) atoms. The monoisotopic (exact) mass is 764 g/mol. The van der Waals surface area contributed by atoms with E-state index in [4.69, 9.17) is 28.4 Å². The van der Waals surface area contributed by atoms with E-state index in [0.717, 1.165) is 37.4 Å². The van der Waals surface area contributed by atoms with Crippen LogP contribution < -0.4 is 16.2 Å². The molecule has 1 fully saturated rings. The van der Waals surface area contributed by atoms with Crippen LogP contribution in [0, 0.1) is 0 Å². The maximum absolute atomic E-state index is 11.8. The molecule has 6 N–H and O–H groups in total. The highest BCUT2D eigenvalue weighted by Crippen LogP contribution is 2.14. The lowest BCUT2D eigenvalue weighted by Gasteiger charge is -2.38. The Hall–Kier alpha value is -4.54. The first-order chi connectivity index (χ1) is 25.1. The van der Waals surface area contributed by atoms with E-state index in [0.29, 0.717) is 64.7 Å². The van der Waals surface area contributed by atoms with Gasteiger partial charge in [-0.25, -0.2) is 9.59 Å². The van der Waals surface area contributed by atoms with Crippen LogP contribution in [-0.2, 0) is 49.4 Å². The highest BCUT2D eigenvalue weighted by atomic mass is 16.5. The summed E-state index contributed by atoms with van der Waals surface area (Å²) in [6.07, 6.45) is 11.6. The van der Waals surface area contributed by atoms with Crippen LogP contribution in [0.25, 0.3) is 0 Å². The second-order valence-corrected chi connectivity index (χ2v) is 11.6. The third-order valence-corrected chi connectivity index (χ3v) is 7.42. The van der Waals surface area contributed by atoms with Crippen molar-refractivity contribution in [3.8, 4) is 5.75 Å². The molecule has 1 aliphatic rings. The van der Waals surface area contributed by atoms with E-state index < -0.39 is 0 Å². The van der Waals surface area contributed by atoms with Crippen molar-refractivity contribution < 1.29 is 53.1 Å². The predicted molar refractivity (Wildman–Crippen MR) is 208 cm³/mol. The molecule has 0 spiro atoms. The summed E-state index contributed by atoms with van der Waals surface area (Å²) in [5.74, 6) is 0.240. The fourth-order valence-corrected chi connectivity index (χ4v) is 5.12. The van der Waals surface area contributed by atoms with Crippen molar-refractivity contribution in [1.29, 1.82) is 0 Å². The summed E-state index contributed by atoms with van der Waals surface area (Å²) in [5, 5.41) is 3.38. The average molecular weight is 765 g/mol. The van der Waals surface area contributed by atoms with Gasteiger partial charge in [0.25, 0.3) is 0 Å². The zero-order valence-electron chi connectivity index (χ0n) is 33.0. The van der Waals surface area contributed by atoms with Gasteiger partial charge in [0.2, 0.25) is 0 Å². The van der Waals surface area contributed by atoms with Crippen molar-refractivity contribution in [1.82, 2.24) is 21.3 Å². The van der Waals surface area contributed by atoms with Crippen molar-refractivity contribution in [3.63, 3.8) is 0 Å². The number of carbonyl (C=O) groups excluding carboxylic acids is 4. The second kappa shape index (κ2) is 31.9. The number of hydrogen-bond acceptors (Lipinski definition) is 14. The Kier molecular flexibility index (Phi) is 30.5. The standard InChI is InChI=1S/C20H27NO5.C19H32N2O5.H3N.H2O/c1-4-25-19(22)8-6-14-21(15-7-9-20(23)26-5-2)16-17-10-12-18(24-3)13-11-17;1-5-25-18(22)11-16-13-21(10-8-7-9-15(3)24-4)14-17(20-16)12-19(23)26-6-2;;/h6-13H,4-5,14-16H2,1-3H3;7,9,16-17,20H,3,5-6,8,10-14H2,1-2,4H3;1H3;1H2/b8-6+,9-7+;9-7-;;. The molecule has 1 aliphatic heterocycles. The van der Waals surface area contributed by atoms with E-state index in [1.165, 1.54) is 12.2 Å². The number of rotatable bonds is 22. The van der Waals surface area contributed by atoms with Gasteiger partial charge < -0.3 is 45.4 Å². The smallest absolute Gasteiger partial charge is 0.330 e. The molecule has 2 rings (SSSR count). The maximum atomic E-state index is 11.8. The summed E-state index contributed by atoms with van der Waals surface area (Å²) in [7, 11) is 3.21. The normalized spacial score (nSPS) is 15.4. The van der Waals surface area contributed by atoms with Crippen LogP contribution in [0.2, 0.25) is 0 Å². The van der Waals surface area contributed by atoms with E-state index in [1.807, 2.05) is 36.4 Å². The molecule has 1 heterocycles. The largest absolute Gasteiger partial charge is 0.497 e. The lowest BCUT2D eigenvalue weighted by atomic mass is 10.0. The maximum Gasteiger partial charge on any atom is 0.330 e. The van der Waals surface area contributed by atoms with Gasteiger partial charge in [-0.2, -0.15) is 0 Å². The van der Waals surface area contributed by atoms with Gasteiger partial charge in [-0.15, -0.1) is 0 Å². The first-order valence-corrected chi connectivity index (χ1v) is 17.8. The Labute approximate surface area is 321 Å². The molecule has 1 aromatic carbocycles. The van der Waals surface area contributed by atoms with Crippen LogP contribution >= 0.6 is 0 Å². The molecule has 1 saturated heterocycles. The quantitative estimate of drug-likeness (QED) is 0.0567. The summed E-state index contributed by atoms with van der Waals surface area (Å²) in [4.78, 5) is 50.8. The van der Waals surface area contributed by atoms with Crippen LogP contribution in [-0.4, -0.2) is 125 Å². The van der Waals surface area contributed by atoms with Crippen molar-refractivity contribution in [2.24, 2.45) is 0 Å². The van der Waals surface area contributed by atoms with Crippen molar-refractivity contribution in [2.45, 2.75) is 65.6 Å². The molecular formula is C39H64N4O11. The molecule has 1 aromatic rings. The van der Waals surface area contributed by atoms with Crippen molar-refractivity contribution in [2.75, 3.05) is 73.4 Å². The van der Waals surface area contributed by atoms with Crippen molar-refractivity contribution >= 4 is 23.9 Å². The van der Waals surface area contributed by atoms with E-state index in [2.05, 4.69) is 21.7 Å². The minimum atomic E-state index is -0.362. The number of methoxy groups -OCH3 is 2. The van der Waals surface area contributed by atoms with Crippen LogP contribution in [0.1, 0.15) is 52.5 Å². The minimum Gasteiger partial charge on any atom is -0.497 e. The number of allylic oxidation sites excluding steroid dienone is 1. The third kappa shape index (κ3) is 24.7. The Morgan fingerprint density at radius 1 is 0.778 bits per heavy atom. The first-order valence-electron chi connectivity index (χ1n) is 17.8. The fourth-order valence-electron chi connectivity index (χ4n) is 5.12. The summed E-state index contributed by atoms with van der Waals surface area (Å²) in [6, 6.07) is 7.68. The molecular weight excluding hydrogens is 700 g/mol. The number of esters is 4. The topological polar surface area (TPSA) is 209 Å². The van der Waals surface area contributed by atoms with E-state index in [1.54, 1.807) is 54.1 Å². The minimum absolute atomic E-state index is 0. The van der Waals surface area contributed by atoms with Gasteiger partial charge in [0.15, 0.2) is 0 Å². The predicted octanol–water partition coefficient (Wildman–Crippen LogP) is 3.71. The van der Waals surface area contributed by atoms with E-state index in [-0.39, 0.29) is 47.6 Å². The zero-order valence-corrected chi connectivity index (χ0v) is 33.0. The highest BCUT2D eigenvalue weighted by molar-refractivity contribution is 5.82. The number of benzene rings is 1. The number of ether oxygens (including phenoxy) is 6. The third-order valence-electron chi connectivity index (χ3n) is 7.42. The van der Waals surface area contributed by atoms with Crippen LogP contribution in [0.3, 0.4) is 0 Å². The number of carbonyl (C=O) groups is 4. The van der Waals surface area contributed by atoms with Gasteiger partial charge >= 0.3 is 23.9 Å². The van der Waals surface area contributed by atoms with E-state index >= 15 is 0 Å². The molecule has 0 aromatic heterocycles. The first kappa shape index (κ1) is 51.6. The Morgan fingerprint density at radius 2 is 1.26 bits per heavy atom. The summed E-state index contributed by atoms with van der Waals surface area (Å²) in [6.45, 7) is 16.3. The fraction of sp³-hybridized carbons (Fsp3) is 0.538. The summed E-state index contributed by atoms with van der Waals surface area (Å²) in [5.41, 5.74) is 1.10.